The number of anilines is 1. The zero-order valence-corrected chi connectivity index (χ0v) is 10.2. The minimum absolute atomic E-state index is 0.366. The molecule has 0 N–H and O–H groups in total. The first kappa shape index (κ1) is 11.8. The van der Waals surface area contributed by atoms with Crippen molar-refractivity contribution < 1.29 is 14.3 Å². The fourth-order valence-electron chi connectivity index (χ4n) is 2.13. The Morgan fingerprint density at radius 2 is 1.94 bits per heavy atom. The lowest BCUT2D eigenvalue weighted by atomic mass is 10.1. The summed E-state index contributed by atoms with van der Waals surface area (Å²) in [6.45, 7) is 2.14. The Bertz CT molecular complexity index is 411. The summed E-state index contributed by atoms with van der Waals surface area (Å²) in [5.41, 5.74) is 1.57. The first-order valence-corrected chi connectivity index (χ1v) is 5.77. The Morgan fingerprint density at radius 1 is 1.24 bits per heavy atom. The smallest absolute Gasteiger partial charge is 0.341 e. The van der Waals surface area contributed by atoms with Crippen molar-refractivity contribution >= 4 is 11.7 Å². The van der Waals surface area contributed by atoms with E-state index < -0.39 is 0 Å². The molecule has 0 unspecified atom stereocenters. The van der Waals surface area contributed by atoms with Crippen LogP contribution in [0.1, 0.15) is 23.2 Å². The molecule has 1 aliphatic heterocycles. The summed E-state index contributed by atoms with van der Waals surface area (Å²) in [6.07, 6.45) is 2.45. The third-order valence-electron chi connectivity index (χ3n) is 3.06. The molecular weight excluding hydrogens is 218 g/mol. The molecule has 0 bridgehead atoms. The first-order chi connectivity index (χ1) is 8.26. The highest BCUT2D eigenvalue weighted by atomic mass is 16.5. The van der Waals surface area contributed by atoms with Crippen LogP contribution in [0.3, 0.4) is 0 Å². The van der Waals surface area contributed by atoms with Crippen molar-refractivity contribution in [2.24, 2.45) is 0 Å². The normalized spacial score (nSPS) is 14.8. The molecule has 1 aliphatic rings. The molecule has 1 heterocycles. The topological polar surface area (TPSA) is 38.8 Å². The highest BCUT2D eigenvalue weighted by molar-refractivity contribution is 5.93. The Hall–Kier alpha value is -1.71. The van der Waals surface area contributed by atoms with Gasteiger partial charge in [0.15, 0.2) is 0 Å². The summed E-state index contributed by atoms with van der Waals surface area (Å²) in [6, 6.07) is 5.61. The van der Waals surface area contributed by atoms with Crippen molar-refractivity contribution in [1.82, 2.24) is 0 Å². The number of nitrogens with zero attached hydrogens (tertiary/aromatic N) is 1. The van der Waals surface area contributed by atoms with Gasteiger partial charge in [0, 0.05) is 24.8 Å². The fraction of sp³-hybridized carbons (Fsp3) is 0.462. The molecular formula is C13H17NO3. The number of hydrogen-bond acceptors (Lipinski definition) is 4. The maximum absolute atomic E-state index is 11.5. The van der Waals surface area contributed by atoms with Crippen LogP contribution < -0.4 is 9.64 Å². The van der Waals surface area contributed by atoms with Crippen LogP contribution >= 0.6 is 0 Å². The van der Waals surface area contributed by atoms with Crippen LogP contribution in [0.15, 0.2) is 18.2 Å². The maximum Gasteiger partial charge on any atom is 0.341 e. The second kappa shape index (κ2) is 5.08. The zero-order valence-electron chi connectivity index (χ0n) is 10.2. The summed E-state index contributed by atoms with van der Waals surface area (Å²) in [5.74, 6) is 0.205. The quantitative estimate of drug-likeness (QED) is 0.752. The number of carbonyl (C=O) groups excluding carboxylic acids is 1. The van der Waals surface area contributed by atoms with Gasteiger partial charge in [-0.1, -0.05) is 0 Å². The molecule has 0 atom stereocenters. The van der Waals surface area contributed by atoms with Crippen LogP contribution in [0.25, 0.3) is 0 Å². The largest absolute Gasteiger partial charge is 0.496 e. The molecule has 0 spiro atoms. The van der Waals surface area contributed by atoms with Crippen molar-refractivity contribution in [1.29, 1.82) is 0 Å². The van der Waals surface area contributed by atoms with Gasteiger partial charge in [0.1, 0.15) is 11.3 Å². The van der Waals surface area contributed by atoms with Gasteiger partial charge in [-0.25, -0.2) is 4.79 Å². The molecule has 1 aromatic carbocycles. The van der Waals surface area contributed by atoms with Crippen molar-refractivity contribution in [3.8, 4) is 5.75 Å². The molecule has 17 heavy (non-hydrogen) atoms. The molecule has 1 aromatic rings. The minimum atomic E-state index is -0.366. The summed E-state index contributed by atoms with van der Waals surface area (Å²) < 4.78 is 9.95. The van der Waals surface area contributed by atoms with E-state index in [0.29, 0.717) is 11.3 Å². The average Bonchev–Trinajstić information content (AvgIpc) is 2.91. The van der Waals surface area contributed by atoms with Crippen LogP contribution in [-0.4, -0.2) is 33.3 Å². The zero-order chi connectivity index (χ0) is 12.3. The Morgan fingerprint density at radius 3 is 2.53 bits per heavy atom. The molecule has 1 fully saturated rings. The van der Waals surface area contributed by atoms with E-state index in [1.54, 1.807) is 13.2 Å². The summed E-state index contributed by atoms with van der Waals surface area (Å²) >= 11 is 0. The fourth-order valence-corrected chi connectivity index (χ4v) is 2.13. The summed E-state index contributed by atoms with van der Waals surface area (Å²) in [4.78, 5) is 13.8. The minimum Gasteiger partial charge on any atom is -0.496 e. The van der Waals surface area contributed by atoms with Crippen LogP contribution in [0.4, 0.5) is 5.69 Å². The standard InChI is InChI=1S/C13H17NO3/c1-16-12-9-10(14-7-3-4-8-14)5-6-11(12)13(15)17-2/h5-6,9H,3-4,7-8H2,1-2H3. The van der Waals surface area contributed by atoms with Crippen molar-refractivity contribution in [3.63, 3.8) is 0 Å². The van der Waals surface area contributed by atoms with E-state index in [2.05, 4.69) is 4.90 Å². The van der Waals surface area contributed by atoms with Gasteiger partial charge in [-0.05, 0) is 25.0 Å². The van der Waals surface area contributed by atoms with Gasteiger partial charge in [0.2, 0.25) is 0 Å². The monoisotopic (exact) mass is 235 g/mol. The van der Waals surface area contributed by atoms with Crippen LogP contribution in [0.5, 0.6) is 5.75 Å². The van der Waals surface area contributed by atoms with Crippen molar-refractivity contribution in [3.05, 3.63) is 23.8 Å². The lowest BCUT2D eigenvalue weighted by Gasteiger charge is -2.19. The molecule has 1 saturated heterocycles. The predicted molar refractivity (Wildman–Crippen MR) is 65.8 cm³/mol. The molecule has 92 valence electrons. The number of ether oxygens (including phenoxy) is 2. The number of rotatable bonds is 3. The number of esters is 1. The highest BCUT2D eigenvalue weighted by Gasteiger charge is 2.17. The summed E-state index contributed by atoms with van der Waals surface area (Å²) in [5, 5.41) is 0. The van der Waals surface area contributed by atoms with Gasteiger partial charge in [-0.3, -0.25) is 0 Å². The summed E-state index contributed by atoms with van der Waals surface area (Å²) in [7, 11) is 2.94. The molecule has 0 saturated carbocycles. The van der Waals surface area contributed by atoms with Gasteiger partial charge in [0.25, 0.3) is 0 Å². The number of hydrogen-bond donors (Lipinski definition) is 0. The van der Waals surface area contributed by atoms with Crippen molar-refractivity contribution in [2.45, 2.75) is 12.8 Å². The van der Waals surface area contributed by atoms with Crippen LogP contribution in [0, 0.1) is 0 Å². The number of carbonyl (C=O) groups is 1. The van der Waals surface area contributed by atoms with Gasteiger partial charge < -0.3 is 14.4 Å². The van der Waals surface area contributed by atoms with Crippen LogP contribution in [0.2, 0.25) is 0 Å². The van der Waals surface area contributed by atoms with Crippen LogP contribution in [-0.2, 0) is 4.74 Å². The lowest BCUT2D eigenvalue weighted by molar-refractivity contribution is 0.0597. The average molecular weight is 235 g/mol. The SMILES string of the molecule is COC(=O)c1ccc(N2CCCC2)cc1OC. The molecule has 0 amide bonds. The Kier molecular flexibility index (Phi) is 3.52. The number of benzene rings is 1. The van der Waals surface area contributed by atoms with Gasteiger partial charge >= 0.3 is 5.97 Å². The van der Waals surface area contributed by atoms with E-state index in [4.69, 9.17) is 9.47 Å². The lowest BCUT2D eigenvalue weighted by Crippen LogP contribution is -2.18. The van der Waals surface area contributed by atoms with E-state index >= 15 is 0 Å². The van der Waals surface area contributed by atoms with Gasteiger partial charge in [-0.2, -0.15) is 0 Å². The Labute approximate surface area is 101 Å². The van der Waals surface area contributed by atoms with E-state index in [0.717, 1.165) is 18.8 Å². The van der Waals surface area contributed by atoms with Crippen molar-refractivity contribution in [2.75, 3.05) is 32.2 Å². The Balaban J connectivity index is 2.30. The highest BCUT2D eigenvalue weighted by Crippen LogP contribution is 2.28. The molecule has 0 aliphatic carbocycles. The molecule has 4 heteroatoms. The second-order valence-electron chi connectivity index (χ2n) is 4.07. The third kappa shape index (κ3) is 2.35. The van der Waals surface area contributed by atoms with E-state index in [1.165, 1.54) is 20.0 Å². The maximum atomic E-state index is 11.5. The second-order valence-corrected chi connectivity index (χ2v) is 4.07. The van der Waals surface area contributed by atoms with E-state index in [9.17, 15) is 4.79 Å². The first-order valence-electron chi connectivity index (χ1n) is 5.77. The molecule has 2 rings (SSSR count). The van der Waals surface area contributed by atoms with E-state index in [-0.39, 0.29) is 5.97 Å². The van der Waals surface area contributed by atoms with Gasteiger partial charge in [-0.15, -0.1) is 0 Å². The third-order valence-corrected chi connectivity index (χ3v) is 3.06. The number of methoxy groups -OCH3 is 2. The predicted octanol–water partition coefficient (Wildman–Crippen LogP) is 2.08. The van der Waals surface area contributed by atoms with E-state index in [1.807, 2.05) is 12.1 Å². The molecule has 0 radical (unpaired) electrons. The molecule has 4 nitrogen and oxygen atoms in total. The van der Waals surface area contributed by atoms with Gasteiger partial charge in [0.05, 0.1) is 14.2 Å². The molecule has 0 aromatic heterocycles.